The Balaban J connectivity index is 1.69. The predicted octanol–water partition coefficient (Wildman–Crippen LogP) is 3.67. The molecular weight excluding hydrogens is 316 g/mol. The molecule has 2 N–H and O–H groups in total. The number of ether oxygens (including phenoxy) is 1. The van der Waals surface area contributed by atoms with Crippen LogP contribution in [0.15, 0.2) is 24.3 Å². The Morgan fingerprint density at radius 2 is 1.96 bits per heavy atom. The molecule has 0 fully saturated rings. The third-order valence-corrected chi connectivity index (χ3v) is 3.89. The molecule has 0 unspecified atom stereocenters. The number of fused-ring (bicyclic) bond motifs is 1. The summed E-state index contributed by atoms with van der Waals surface area (Å²) in [5.74, 6) is -0.288. The molecule has 0 saturated carbocycles. The van der Waals surface area contributed by atoms with Gasteiger partial charge in [0.25, 0.3) is 5.91 Å². The van der Waals surface area contributed by atoms with Gasteiger partial charge in [-0.3, -0.25) is 9.59 Å². The molecule has 2 rings (SSSR count). The fraction of sp³-hybridized carbons (Fsp3) is 0.412. The lowest BCUT2D eigenvalue weighted by atomic mass is 10.1. The summed E-state index contributed by atoms with van der Waals surface area (Å²) in [4.78, 5) is 26.1. The summed E-state index contributed by atoms with van der Waals surface area (Å²) in [7, 11) is 1.40. The second kappa shape index (κ2) is 8.58. The number of amides is 1. The van der Waals surface area contributed by atoms with Crippen molar-refractivity contribution in [3.8, 4) is 0 Å². The van der Waals surface area contributed by atoms with E-state index >= 15 is 0 Å². The van der Waals surface area contributed by atoms with Gasteiger partial charge in [-0.25, -0.2) is 0 Å². The summed E-state index contributed by atoms with van der Waals surface area (Å²) in [6.07, 6.45) is 4.10. The van der Waals surface area contributed by atoms with Gasteiger partial charge in [0.05, 0.1) is 7.11 Å². The van der Waals surface area contributed by atoms with E-state index in [1.807, 2.05) is 12.1 Å². The molecule has 0 atom stereocenters. The van der Waals surface area contributed by atoms with Crippen molar-refractivity contribution in [2.75, 3.05) is 13.7 Å². The van der Waals surface area contributed by atoms with Crippen LogP contribution in [0.2, 0.25) is 5.02 Å². The molecule has 0 aliphatic rings. The minimum atomic E-state index is -0.169. The fourth-order valence-electron chi connectivity index (χ4n) is 2.37. The maximum atomic E-state index is 12.1. The quantitative estimate of drug-likeness (QED) is 0.570. The zero-order valence-electron chi connectivity index (χ0n) is 13.2. The summed E-state index contributed by atoms with van der Waals surface area (Å²) in [5, 5.41) is 4.49. The average Bonchev–Trinajstić information content (AvgIpc) is 2.96. The lowest BCUT2D eigenvalue weighted by molar-refractivity contribution is -0.140. The molecule has 1 heterocycles. The number of aromatic nitrogens is 1. The molecule has 1 amide bonds. The molecular formula is C17H21ClN2O3. The molecule has 2 aromatic rings. The first-order valence-corrected chi connectivity index (χ1v) is 8.11. The number of methoxy groups -OCH3 is 1. The van der Waals surface area contributed by atoms with Crippen molar-refractivity contribution in [3.05, 3.63) is 35.0 Å². The summed E-state index contributed by atoms with van der Waals surface area (Å²) in [6.45, 7) is 0.618. The number of halogens is 1. The van der Waals surface area contributed by atoms with Gasteiger partial charge in [0, 0.05) is 28.9 Å². The highest BCUT2D eigenvalue weighted by atomic mass is 35.5. The summed E-state index contributed by atoms with van der Waals surface area (Å²) in [6, 6.07) is 7.30. The summed E-state index contributed by atoms with van der Waals surface area (Å²) in [5.41, 5.74) is 1.39. The van der Waals surface area contributed by atoms with Crippen LogP contribution >= 0.6 is 11.6 Å². The lowest BCUT2D eigenvalue weighted by Crippen LogP contribution is -2.24. The van der Waals surface area contributed by atoms with E-state index in [-0.39, 0.29) is 11.9 Å². The van der Waals surface area contributed by atoms with E-state index in [1.54, 1.807) is 12.1 Å². The molecule has 124 valence electrons. The van der Waals surface area contributed by atoms with E-state index in [2.05, 4.69) is 15.0 Å². The van der Waals surface area contributed by atoms with E-state index in [4.69, 9.17) is 11.6 Å². The zero-order chi connectivity index (χ0) is 16.7. The summed E-state index contributed by atoms with van der Waals surface area (Å²) < 4.78 is 4.58. The van der Waals surface area contributed by atoms with Gasteiger partial charge >= 0.3 is 5.97 Å². The van der Waals surface area contributed by atoms with Crippen molar-refractivity contribution < 1.29 is 14.3 Å². The van der Waals surface area contributed by atoms with Crippen LogP contribution in [0.3, 0.4) is 0 Å². The number of aromatic amines is 1. The van der Waals surface area contributed by atoms with Crippen molar-refractivity contribution in [2.24, 2.45) is 0 Å². The lowest BCUT2D eigenvalue weighted by Gasteiger charge is -2.04. The standard InChI is InChI=1S/C17H21ClN2O3/c1-23-16(21)6-4-2-3-5-9-19-17(22)15-10-12-7-8-13(18)11-14(12)20-15/h7-8,10-11,20H,2-6,9H2,1H3,(H,19,22). The van der Waals surface area contributed by atoms with Crippen LogP contribution in [-0.2, 0) is 9.53 Å². The number of carbonyl (C=O) groups excluding carboxylic acids is 2. The first-order chi connectivity index (χ1) is 11.1. The van der Waals surface area contributed by atoms with Gasteiger partial charge in [-0.1, -0.05) is 30.5 Å². The fourth-order valence-corrected chi connectivity index (χ4v) is 2.54. The molecule has 0 spiro atoms. The number of esters is 1. The van der Waals surface area contributed by atoms with Crippen LogP contribution in [0, 0.1) is 0 Å². The van der Waals surface area contributed by atoms with Crippen molar-refractivity contribution in [1.29, 1.82) is 0 Å². The van der Waals surface area contributed by atoms with Gasteiger partial charge in [-0.05, 0) is 31.0 Å². The van der Waals surface area contributed by atoms with Crippen molar-refractivity contribution >= 4 is 34.4 Å². The molecule has 6 heteroatoms. The molecule has 23 heavy (non-hydrogen) atoms. The Hall–Kier alpha value is -2.01. The first-order valence-electron chi connectivity index (χ1n) is 7.73. The van der Waals surface area contributed by atoms with Gasteiger partial charge in [-0.15, -0.1) is 0 Å². The molecule has 5 nitrogen and oxygen atoms in total. The minimum absolute atomic E-state index is 0.119. The van der Waals surface area contributed by atoms with E-state index in [0.717, 1.165) is 36.6 Å². The van der Waals surface area contributed by atoms with Crippen molar-refractivity contribution in [3.63, 3.8) is 0 Å². The molecule has 1 aromatic heterocycles. The highest BCUT2D eigenvalue weighted by Gasteiger charge is 2.09. The van der Waals surface area contributed by atoms with Crippen LogP contribution in [0.4, 0.5) is 0 Å². The first kappa shape index (κ1) is 17.3. The highest BCUT2D eigenvalue weighted by Crippen LogP contribution is 2.19. The largest absolute Gasteiger partial charge is 0.469 e. The second-order valence-corrected chi connectivity index (χ2v) is 5.85. The normalized spacial score (nSPS) is 10.7. The van der Waals surface area contributed by atoms with Gasteiger partial charge in [0.2, 0.25) is 0 Å². The maximum Gasteiger partial charge on any atom is 0.305 e. The molecule has 1 aromatic carbocycles. The minimum Gasteiger partial charge on any atom is -0.469 e. The second-order valence-electron chi connectivity index (χ2n) is 5.41. The zero-order valence-corrected chi connectivity index (χ0v) is 13.9. The van der Waals surface area contributed by atoms with Gasteiger partial charge in [0.15, 0.2) is 0 Å². The molecule has 0 aliphatic heterocycles. The van der Waals surface area contributed by atoms with Crippen LogP contribution in [0.5, 0.6) is 0 Å². The number of carbonyl (C=O) groups is 2. The number of hydrogen-bond donors (Lipinski definition) is 2. The van der Waals surface area contributed by atoms with E-state index in [1.165, 1.54) is 7.11 Å². The predicted molar refractivity (Wildman–Crippen MR) is 90.7 cm³/mol. The highest BCUT2D eigenvalue weighted by molar-refractivity contribution is 6.31. The third-order valence-electron chi connectivity index (χ3n) is 3.65. The Bertz CT molecular complexity index is 682. The van der Waals surface area contributed by atoms with E-state index < -0.39 is 0 Å². The number of benzene rings is 1. The molecule has 0 radical (unpaired) electrons. The SMILES string of the molecule is COC(=O)CCCCCCNC(=O)c1cc2ccc(Cl)cc2[nH]1. The molecule has 0 aliphatic carbocycles. The monoisotopic (exact) mass is 336 g/mol. The maximum absolute atomic E-state index is 12.1. The smallest absolute Gasteiger partial charge is 0.305 e. The third kappa shape index (κ3) is 5.28. The average molecular weight is 337 g/mol. The van der Waals surface area contributed by atoms with Crippen molar-refractivity contribution in [2.45, 2.75) is 32.1 Å². The van der Waals surface area contributed by atoms with E-state index in [0.29, 0.717) is 23.7 Å². The molecule has 0 saturated heterocycles. The number of unbranched alkanes of at least 4 members (excludes halogenated alkanes) is 3. The number of rotatable bonds is 8. The van der Waals surface area contributed by atoms with Crippen LogP contribution in [0.25, 0.3) is 10.9 Å². The Morgan fingerprint density at radius 3 is 2.74 bits per heavy atom. The Morgan fingerprint density at radius 1 is 1.17 bits per heavy atom. The summed E-state index contributed by atoms with van der Waals surface area (Å²) >= 11 is 5.93. The van der Waals surface area contributed by atoms with Crippen LogP contribution in [-0.4, -0.2) is 30.5 Å². The topological polar surface area (TPSA) is 71.2 Å². The Labute approximate surface area is 140 Å². The molecule has 0 bridgehead atoms. The van der Waals surface area contributed by atoms with Crippen LogP contribution < -0.4 is 5.32 Å². The van der Waals surface area contributed by atoms with E-state index in [9.17, 15) is 9.59 Å². The number of hydrogen-bond acceptors (Lipinski definition) is 3. The van der Waals surface area contributed by atoms with Gasteiger partial charge < -0.3 is 15.0 Å². The van der Waals surface area contributed by atoms with Crippen molar-refractivity contribution in [1.82, 2.24) is 10.3 Å². The van der Waals surface area contributed by atoms with Gasteiger partial charge in [0.1, 0.15) is 5.69 Å². The Kier molecular flexibility index (Phi) is 6.47. The number of nitrogens with one attached hydrogen (secondary N) is 2. The van der Waals surface area contributed by atoms with Crippen LogP contribution in [0.1, 0.15) is 42.6 Å². The van der Waals surface area contributed by atoms with Gasteiger partial charge in [-0.2, -0.15) is 0 Å². The number of H-pyrrole nitrogens is 1.